The van der Waals surface area contributed by atoms with E-state index >= 15 is 0 Å². The normalized spacial score (nSPS) is 23.2. The first-order chi connectivity index (χ1) is 12.1. The van der Waals surface area contributed by atoms with E-state index in [9.17, 15) is 9.90 Å². The number of aliphatic hydroxyl groups excluding tert-OH is 1. The Kier molecular flexibility index (Phi) is 5.97. The summed E-state index contributed by atoms with van der Waals surface area (Å²) in [5.74, 6) is 0.936. The molecule has 0 spiro atoms. The van der Waals surface area contributed by atoms with E-state index in [1.54, 1.807) is 0 Å². The summed E-state index contributed by atoms with van der Waals surface area (Å²) in [4.78, 5) is 14.6. The van der Waals surface area contributed by atoms with Gasteiger partial charge in [0.25, 0.3) is 0 Å². The highest BCUT2D eigenvalue weighted by Crippen LogP contribution is 2.39. The fourth-order valence-electron chi connectivity index (χ4n) is 3.75. The monoisotopic (exact) mass is 345 g/mol. The Bertz CT molecular complexity index is 561. The number of carbonyl (C=O) groups is 1. The molecule has 0 bridgehead atoms. The number of amides is 2. The Balaban J connectivity index is 1.34. The number of hydrogen-bond acceptors (Lipinski definition) is 3. The van der Waals surface area contributed by atoms with Crippen molar-refractivity contribution < 1.29 is 9.90 Å². The number of nitrogens with one attached hydrogen (secondary N) is 2. The molecule has 1 heterocycles. The van der Waals surface area contributed by atoms with Crippen LogP contribution in [0.3, 0.4) is 0 Å². The summed E-state index contributed by atoms with van der Waals surface area (Å²) in [7, 11) is 0. The molecule has 3 rings (SSSR count). The van der Waals surface area contributed by atoms with Crippen molar-refractivity contribution in [3.8, 4) is 0 Å². The molecule has 1 aromatic rings. The van der Waals surface area contributed by atoms with Gasteiger partial charge < -0.3 is 20.6 Å². The number of hydrogen-bond donors (Lipinski definition) is 3. The van der Waals surface area contributed by atoms with E-state index in [1.165, 1.54) is 5.56 Å². The standard InChI is InChI=1S/C20H31N3O2/c1-20(15-24,18-7-8-18)22-19(25)21-13-17-10-12-23(14-17)11-9-16-5-3-2-4-6-16/h2-6,17-18,24H,7-15H2,1H3,(H2,21,22,25). The van der Waals surface area contributed by atoms with Crippen LogP contribution in [-0.2, 0) is 6.42 Å². The van der Waals surface area contributed by atoms with Gasteiger partial charge in [-0.1, -0.05) is 30.3 Å². The zero-order valence-electron chi connectivity index (χ0n) is 15.2. The third kappa shape index (κ3) is 5.19. The van der Waals surface area contributed by atoms with Gasteiger partial charge in [-0.25, -0.2) is 4.79 Å². The third-order valence-corrected chi connectivity index (χ3v) is 5.69. The van der Waals surface area contributed by atoms with Gasteiger partial charge in [0.2, 0.25) is 0 Å². The highest BCUT2D eigenvalue weighted by Gasteiger charge is 2.42. The number of nitrogens with zero attached hydrogens (tertiary/aromatic N) is 1. The second-order valence-corrected chi connectivity index (χ2v) is 7.88. The van der Waals surface area contributed by atoms with Crippen LogP contribution >= 0.6 is 0 Å². The van der Waals surface area contributed by atoms with Crippen LogP contribution in [0.2, 0.25) is 0 Å². The lowest BCUT2D eigenvalue weighted by molar-refractivity contribution is 0.154. The predicted octanol–water partition coefficient (Wildman–Crippen LogP) is 2.01. The molecule has 2 aliphatic rings. The summed E-state index contributed by atoms with van der Waals surface area (Å²) < 4.78 is 0. The molecular weight excluding hydrogens is 314 g/mol. The smallest absolute Gasteiger partial charge is 0.315 e. The summed E-state index contributed by atoms with van der Waals surface area (Å²) in [6.07, 6.45) is 4.40. The van der Waals surface area contributed by atoms with Crippen molar-refractivity contribution in [3.63, 3.8) is 0 Å². The first-order valence-corrected chi connectivity index (χ1v) is 9.52. The van der Waals surface area contributed by atoms with Gasteiger partial charge >= 0.3 is 6.03 Å². The minimum atomic E-state index is -0.471. The molecule has 138 valence electrons. The van der Waals surface area contributed by atoms with Crippen molar-refractivity contribution in [3.05, 3.63) is 35.9 Å². The number of aliphatic hydroxyl groups is 1. The van der Waals surface area contributed by atoms with Crippen LogP contribution in [0.25, 0.3) is 0 Å². The van der Waals surface area contributed by atoms with Gasteiger partial charge in [-0.3, -0.25) is 0 Å². The molecule has 25 heavy (non-hydrogen) atoms. The van der Waals surface area contributed by atoms with Crippen molar-refractivity contribution in [2.75, 3.05) is 32.8 Å². The van der Waals surface area contributed by atoms with E-state index < -0.39 is 5.54 Å². The SMILES string of the molecule is CC(CO)(NC(=O)NCC1CCN(CCc2ccccc2)C1)C1CC1. The van der Waals surface area contributed by atoms with Crippen LogP contribution < -0.4 is 10.6 Å². The molecule has 2 fully saturated rings. The van der Waals surface area contributed by atoms with Gasteiger partial charge in [-0.05, 0) is 56.6 Å². The first-order valence-electron chi connectivity index (χ1n) is 9.52. The number of benzene rings is 1. The lowest BCUT2D eigenvalue weighted by Gasteiger charge is -2.29. The quantitative estimate of drug-likeness (QED) is 0.675. The van der Waals surface area contributed by atoms with Crippen LogP contribution in [0.5, 0.6) is 0 Å². The summed E-state index contributed by atoms with van der Waals surface area (Å²) in [5.41, 5.74) is 0.911. The van der Waals surface area contributed by atoms with E-state index in [-0.39, 0.29) is 12.6 Å². The molecule has 2 atom stereocenters. The van der Waals surface area contributed by atoms with E-state index in [0.29, 0.717) is 18.4 Å². The maximum atomic E-state index is 12.2. The summed E-state index contributed by atoms with van der Waals surface area (Å²) in [6.45, 7) is 5.88. The van der Waals surface area contributed by atoms with E-state index in [1.807, 2.05) is 6.92 Å². The largest absolute Gasteiger partial charge is 0.394 e. The molecular formula is C20H31N3O2. The molecule has 0 aromatic heterocycles. The topological polar surface area (TPSA) is 64.6 Å². The van der Waals surface area contributed by atoms with Gasteiger partial charge in [-0.15, -0.1) is 0 Å². The van der Waals surface area contributed by atoms with E-state index in [0.717, 1.165) is 45.3 Å². The van der Waals surface area contributed by atoms with Crippen LogP contribution in [0.1, 0.15) is 31.7 Å². The maximum absolute atomic E-state index is 12.2. The van der Waals surface area contributed by atoms with Crippen LogP contribution in [0.4, 0.5) is 4.79 Å². The second-order valence-electron chi connectivity index (χ2n) is 7.88. The highest BCUT2D eigenvalue weighted by atomic mass is 16.3. The predicted molar refractivity (Wildman–Crippen MR) is 99.4 cm³/mol. The molecule has 3 N–H and O–H groups in total. The molecule has 2 unspecified atom stereocenters. The Morgan fingerprint density at radius 3 is 2.72 bits per heavy atom. The molecule has 1 aliphatic carbocycles. The zero-order valence-corrected chi connectivity index (χ0v) is 15.2. The number of rotatable bonds is 8. The van der Waals surface area contributed by atoms with Gasteiger partial charge in [-0.2, -0.15) is 0 Å². The summed E-state index contributed by atoms with van der Waals surface area (Å²) in [6, 6.07) is 10.4. The molecule has 1 saturated carbocycles. The Morgan fingerprint density at radius 2 is 2.04 bits per heavy atom. The van der Waals surface area contributed by atoms with Crippen molar-refractivity contribution in [2.24, 2.45) is 11.8 Å². The Labute approximate surface area is 150 Å². The fraction of sp³-hybridized carbons (Fsp3) is 0.650. The Morgan fingerprint density at radius 1 is 1.28 bits per heavy atom. The van der Waals surface area contributed by atoms with Crippen LogP contribution in [0.15, 0.2) is 30.3 Å². The van der Waals surface area contributed by atoms with Crippen LogP contribution in [-0.4, -0.2) is 54.4 Å². The lowest BCUT2D eigenvalue weighted by Crippen LogP contribution is -2.54. The van der Waals surface area contributed by atoms with Crippen molar-refractivity contribution in [2.45, 2.75) is 38.1 Å². The van der Waals surface area contributed by atoms with E-state index in [2.05, 4.69) is 45.9 Å². The minimum absolute atomic E-state index is 0.00176. The minimum Gasteiger partial charge on any atom is -0.394 e. The van der Waals surface area contributed by atoms with Gasteiger partial charge in [0.05, 0.1) is 12.1 Å². The van der Waals surface area contributed by atoms with Crippen molar-refractivity contribution in [1.82, 2.24) is 15.5 Å². The molecule has 1 aliphatic heterocycles. The van der Waals surface area contributed by atoms with Gasteiger partial charge in [0.15, 0.2) is 0 Å². The third-order valence-electron chi connectivity index (χ3n) is 5.69. The number of likely N-dealkylation sites (tertiary alicyclic amines) is 1. The molecule has 1 saturated heterocycles. The highest BCUT2D eigenvalue weighted by molar-refractivity contribution is 5.74. The van der Waals surface area contributed by atoms with Gasteiger partial charge in [0, 0.05) is 19.6 Å². The number of urea groups is 1. The van der Waals surface area contributed by atoms with Crippen LogP contribution in [0, 0.1) is 11.8 Å². The number of carbonyl (C=O) groups excluding carboxylic acids is 1. The zero-order chi connectivity index (χ0) is 17.7. The van der Waals surface area contributed by atoms with Gasteiger partial charge in [0.1, 0.15) is 0 Å². The second kappa shape index (κ2) is 8.19. The average molecular weight is 345 g/mol. The molecule has 5 heteroatoms. The van der Waals surface area contributed by atoms with Crippen molar-refractivity contribution in [1.29, 1.82) is 0 Å². The molecule has 5 nitrogen and oxygen atoms in total. The molecule has 0 radical (unpaired) electrons. The average Bonchev–Trinajstić information content (AvgIpc) is 3.39. The summed E-state index contributed by atoms with van der Waals surface area (Å²) >= 11 is 0. The Hall–Kier alpha value is -1.59. The molecule has 1 aromatic carbocycles. The fourth-order valence-corrected chi connectivity index (χ4v) is 3.75. The lowest BCUT2D eigenvalue weighted by atomic mass is 9.97. The van der Waals surface area contributed by atoms with Crippen molar-refractivity contribution >= 4 is 6.03 Å². The summed E-state index contributed by atoms with van der Waals surface area (Å²) in [5, 5.41) is 15.5. The first kappa shape index (κ1) is 18.2. The maximum Gasteiger partial charge on any atom is 0.315 e. The van der Waals surface area contributed by atoms with E-state index in [4.69, 9.17) is 0 Å². The molecule has 2 amide bonds.